The number of aliphatic hydroxyl groups is 1. The molecule has 7 nitrogen and oxygen atoms in total. The van der Waals surface area contributed by atoms with E-state index in [-0.39, 0.29) is 29.7 Å². The lowest BCUT2D eigenvalue weighted by atomic mass is 10.2. The average molecular weight is 417 g/mol. The van der Waals surface area contributed by atoms with Gasteiger partial charge in [0.1, 0.15) is 15.8 Å². The molecule has 2 aromatic rings. The molecule has 28 heavy (non-hydrogen) atoms. The number of nitrogens with one attached hydrogen (secondary N) is 1. The number of thioether (sulfide) groups is 1. The van der Waals surface area contributed by atoms with E-state index in [4.69, 9.17) is 12.2 Å². The van der Waals surface area contributed by atoms with Gasteiger partial charge in [0.15, 0.2) is 0 Å². The van der Waals surface area contributed by atoms with Gasteiger partial charge in [-0.1, -0.05) is 43.0 Å². The molecule has 0 unspecified atom stereocenters. The largest absolute Gasteiger partial charge is 0.394 e. The lowest BCUT2D eigenvalue weighted by molar-refractivity contribution is -0.121. The Morgan fingerprint density at radius 3 is 2.89 bits per heavy atom. The van der Waals surface area contributed by atoms with Crippen LogP contribution in [0.5, 0.6) is 0 Å². The average Bonchev–Trinajstić information content (AvgIpc) is 2.96. The van der Waals surface area contributed by atoms with Gasteiger partial charge >= 0.3 is 0 Å². The quantitative estimate of drug-likeness (QED) is 0.407. The molecule has 3 rings (SSSR count). The smallest absolute Gasteiger partial charge is 0.267 e. The molecule has 0 aromatic carbocycles. The van der Waals surface area contributed by atoms with Crippen LogP contribution in [0.3, 0.4) is 0 Å². The van der Waals surface area contributed by atoms with Crippen LogP contribution in [-0.2, 0) is 4.79 Å². The highest BCUT2D eigenvalue weighted by Crippen LogP contribution is 2.33. The summed E-state index contributed by atoms with van der Waals surface area (Å²) in [4.78, 5) is 32.0. The summed E-state index contributed by atoms with van der Waals surface area (Å²) in [5, 5.41) is 12.6. The van der Waals surface area contributed by atoms with Crippen molar-refractivity contribution in [2.45, 2.75) is 19.4 Å². The first kappa shape index (κ1) is 20.2. The third kappa shape index (κ3) is 3.87. The fourth-order valence-corrected chi connectivity index (χ4v) is 3.99. The minimum Gasteiger partial charge on any atom is -0.394 e. The van der Waals surface area contributed by atoms with Gasteiger partial charge in [0.2, 0.25) is 0 Å². The highest BCUT2D eigenvalue weighted by atomic mass is 32.2. The van der Waals surface area contributed by atoms with E-state index in [1.807, 2.05) is 6.92 Å². The molecular formula is C19H20N4O3S2. The number of anilines is 1. The van der Waals surface area contributed by atoms with E-state index in [1.165, 1.54) is 15.4 Å². The van der Waals surface area contributed by atoms with Gasteiger partial charge in [-0.05, 0) is 24.6 Å². The summed E-state index contributed by atoms with van der Waals surface area (Å²) in [6.45, 7) is 5.76. The molecule has 1 atom stereocenters. The van der Waals surface area contributed by atoms with Crippen LogP contribution in [0.2, 0.25) is 0 Å². The SMILES string of the molecule is C=CCN1C(=O)/C(=C/c2c(N[C@@H](CC)CO)nc3ccccn3c2=O)SC1=S. The minimum atomic E-state index is -0.310. The topological polar surface area (TPSA) is 86.9 Å². The van der Waals surface area contributed by atoms with Crippen LogP contribution < -0.4 is 10.9 Å². The Hall–Kier alpha value is -2.49. The minimum absolute atomic E-state index is 0.104. The second-order valence-corrected chi connectivity index (χ2v) is 7.80. The summed E-state index contributed by atoms with van der Waals surface area (Å²) >= 11 is 6.40. The molecule has 0 bridgehead atoms. The number of rotatable bonds is 7. The Bertz CT molecular complexity index is 1030. The normalized spacial score (nSPS) is 16.8. The molecule has 146 valence electrons. The third-order valence-electron chi connectivity index (χ3n) is 4.28. The Labute approximate surface area is 171 Å². The number of pyridine rings is 1. The van der Waals surface area contributed by atoms with Crippen molar-refractivity contribution in [2.24, 2.45) is 0 Å². The number of aliphatic hydroxyl groups excluding tert-OH is 1. The number of hydrogen-bond acceptors (Lipinski definition) is 7. The van der Waals surface area contributed by atoms with Gasteiger partial charge in [-0.15, -0.1) is 6.58 Å². The lowest BCUT2D eigenvalue weighted by Crippen LogP contribution is -2.28. The van der Waals surface area contributed by atoms with Crippen molar-refractivity contribution in [3.63, 3.8) is 0 Å². The summed E-state index contributed by atoms with van der Waals surface area (Å²) in [7, 11) is 0. The predicted molar refractivity (Wildman–Crippen MR) is 116 cm³/mol. The number of aromatic nitrogens is 2. The summed E-state index contributed by atoms with van der Waals surface area (Å²) in [6.07, 6.45) is 5.38. The summed E-state index contributed by atoms with van der Waals surface area (Å²) < 4.78 is 1.84. The van der Waals surface area contributed by atoms with Gasteiger partial charge in [0.05, 0.1) is 23.1 Å². The first-order chi connectivity index (χ1) is 13.5. The summed E-state index contributed by atoms with van der Waals surface area (Å²) in [5.41, 5.74) is 0.406. The fourth-order valence-electron chi connectivity index (χ4n) is 2.73. The zero-order valence-electron chi connectivity index (χ0n) is 15.3. The maximum atomic E-state index is 13.1. The van der Waals surface area contributed by atoms with E-state index in [0.29, 0.717) is 33.7 Å². The van der Waals surface area contributed by atoms with Crippen LogP contribution in [0.15, 0.2) is 46.8 Å². The van der Waals surface area contributed by atoms with Gasteiger partial charge in [0, 0.05) is 12.7 Å². The Kier molecular flexibility index (Phi) is 6.28. The standard InChI is InChI=1S/C19H20N4O3S2/c1-3-8-23-18(26)14(28-19(23)27)10-13-16(20-12(4-2)11-24)21-15-7-5-6-9-22(15)17(13)25/h3,5-7,9-10,12,20,24H,1,4,8,11H2,2H3/b14-10-/t12-/m0/s1. The van der Waals surface area contributed by atoms with Crippen molar-refractivity contribution >= 4 is 51.7 Å². The van der Waals surface area contributed by atoms with Crippen LogP contribution in [0, 0.1) is 0 Å². The van der Waals surface area contributed by atoms with Crippen LogP contribution in [0.1, 0.15) is 18.9 Å². The van der Waals surface area contributed by atoms with Crippen LogP contribution in [-0.4, -0.2) is 48.8 Å². The number of nitrogens with zero attached hydrogens (tertiary/aromatic N) is 3. The van der Waals surface area contributed by atoms with Crippen LogP contribution in [0.4, 0.5) is 5.82 Å². The molecule has 0 saturated carbocycles. The molecule has 1 fully saturated rings. The fraction of sp³-hybridized carbons (Fsp3) is 0.263. The van der Waals surface area contributed by atoms with E-state index < -0.39 is 0 Å². The van der Waals surface area contributed by atoms with Crippen LogP contribution >= 0.6 is 24.0 Å². The van der Waals surface area contributed by atoms with Crippen LogP contribution in [0.25, 0.3) is 11.7 Å². The molecule has 1 saturated heterocycles. The zero-order chi connectivity index (χ0) is 20.3. The first-order valence-electron chi connectivity index (χ1n) is 8.75. The highest BCUT2D eigenvalue weighted by molar-refractivity contribution is 8.26. The lowest BCUT2D eigenvalue weighted by Gasteiger charge is -2.17. The number of amides is 1. The van der Waals surface area contributed by atoms with Crippen molar-refractivity contribution in [3.8, 4) is 0 Å². The number of thiocarbonyl (C=S) groups is 1. The van der Waals surface area contributed by atoms with Gasteiger partial charge in [0.25, 0.3) is 11.5 Å². The molecule has 9 heteroatoms. The molecule has 1 aliphatic rings. The number of hydrogen-bond donors (Lipinski definition) is 2. The monoisotopic (exact) mass is 416 g/mol. The number of fused-ring (bicyclic) bond motifs is 1. The van der Waals surface area contributed by atoms with E-state index in [0.717, 1.165) is 11.8 Å². The molecular weight excluding hydrogens is 396 g/mol. The van der Waals surface area contributed by atoms with Gasteiger partial charge < -0.3 is 10.4 Å². The molecule has 0 radical (unpaired) electrons. The molecule has 2 N–H and O–H groups in total. The predicted octanol–water partition coefficient (Wildman–Crippen LogP) is 2.26. The van der Waals surface area contributed by atoms with Gasteiger partial charge in [-0.25, -0.2) is 4.98 Å². The molecule has 0 spiro atoms. The van der Waals surface area contributed by atoms with Crippen molar-refractivity contribution < 1.29 is 9.90 Å². The molecule has 3 heterocycles. The first-order valence-corrected chi connectivity index (χ1v) is 9.97. The Morgan fingerprint density at radius 2 is 2.21 bits per heavy atom. The van der Waals surface area contributed by atoms with Crippen molar-refractivity contribution in [1.29, 1.82) is 0 Å². The summed E-state index contributed by atoms with van der Waals surface area (Å²) in [6, 6.07) is 4.98. The number of carbonyl (C=O) groups excluding carboxylic acids is 1. The second kappa shape index (κ2) is 8.68. The molecule has 2 aromatic heterocycles. The molecule has 0 aliphatic carbocycles. The van der Waals surface area contributed by atoms with E-state index in [1.54, 1.807) is 30.5 Å². The highest BCUT2D eigenvalue weighted by Gasteiger charge is 2.31. The van der Waals surface area contributed by atoms with Gasteiger partial charge in [-0.3, -0.25) is 18.9 Å². The Balaban J connectivity index is 2.14. The Morgan fingerprint density at radius 1 is 1.43 bits per heavy atom. The maximum absolute atomic E-state index is 13.1. The van der Waals surface area contributed by atoms with Gasteiger partial charge in [-0.2, -0.15) is 0 Å². The molecule has 1 amide bonds. The summed E-state index contributed by atoms with van der Waals surface area (Å²) in [5.74, 6) is 0.0543. The molecule has 1 aliphatic heterocycles. The van der Waals surface area contributed by atoms with Crippen molar-refractivity contribution in [3.05, 3.63) is 57.9 Å². The zero-order valence-corrected chi connectivity index (χ0v) is 16.9. The van der Waals surface area contributed by atoms with Crippen molar-refractivity contribution in [2.75, 3.05) is 18.5 Å². The number of carbonyl (C=O) groups is 1. The third-order valence-corrected chi connectivity index (χ3v) is 5.66. The maximum Gasteiger partial charge on any atom is 0.267 e. The van der Waals surface area contributed by atoms with E-state index in [2.05, 4.69) is 16.9 Å². The van der Waals surface area contributed by atoms with E-state index in [9.17, 15) is 14.7 Å². The second-order valence-electron chi connectivity index (χ2n) is 6.12. The van der Waals surface area contributed by atoms with E-state index >= 15 is 0 Å². The van der Waals surface area contributed by atoms with Crippen molar-refractivity contribution in [1.82, 2.24) is 14.3 Å².